The number of nitrogens with zero attached hydrogens (tertiary/aromatic N) is 15. The lowest BCUT2D eigenvalue weighted by Gasteiger charge is -2.39. The first kappa shape index (κ1) is 70.3. The van der Waals surface area contributed by atoms with Crippen molar-refractivity contribution < 1.29 is 66.9 Å². The lowest BCUT2D eigenvalue weighted by Crippen LogP contribution is -2.43. The van der Waals surface area contributed by atoms with Crippen LogP contribution in [0.25, 0.3) is 99.9 Å². The number of halogens is 10. The largest absolute Gasteiger partial charge is 0.361 e. The number of aryl methyl sites for hydroxylation is 6. The number of pyridine rings is 3. The van der Waals surface area contributed by atoms with Gasteiger partial charge in [-0.05, 0) is 125 Å². The maximum absolute atomic E-state index is 16.2. The summed E-state index contributed by atoms with van der Waals surface area (Å²) in [6.07, 6.45) is 23.8. The minimum atomic E-state index is -2.77. The Labute approximate surface area is 583 Å². The van der Waals surface area contributed by atoms with E-state index >= 15 is 13.2 Å². The van der Waals surface area contributed by atoms with Crippen molar-refractivity contribution >= 4 is 33.1 Å². The number of rotatable bonds is 15. The summed E-state index contributed by atoms with van der Waals surface area (Å²) in [4.78, 5) is 13.9. The summed E-state index contributed by atoms with van der Waals surface area (Å²) in [5.74, 6) is 1.29. The summed E-state index contributed by atoms with van der Waals surface area (Å²) in [6, 6.07) is 5.73. The van der Waals surface area contributed by atoms with Gasteiger partial charge in [0.25, 0.3) is 0 Å². The van der Waals surface area contributed by atoms with E-state index in [1.165, 1.54) is 49.7 Å². The van der Waals surface area contributed by atoms with Crippen LogP contribution in [0.1, 0.15) is 138 Å². The molecule has 3 aliphatic carbocycles. The van der Waals surface area contributed by atoms with E-state index in [1.807, 2.05) is 75.0 Å². The van der Waals surface area contributed by atoms with Gasteiger partial charge in [-0.3, -0.25) is 15.0 Å². The van der Waals surface area contributed by atoms with Gasteiger partial charge in [0.05, 0.1) is 102 Å². The molecule has 1 unspecified atom stereocenters. The molecule has 0 amide bonds. The van der Waals surface area contributed by atoms with Gasteiger partial charge in [-0.15, -0.1) is 0 Å². The number of alkyl halides is 10. The van der Waals surface area contributed by atoms with E-state index in [0.717, 1.165) is 50.3 Å². The number of ether oxygens (including phenoxy) is 2. The molecule has 3 fully saturated rings. The third-order valence-electron chi connectivity index (χ3n) is 20.5. The van der Waals surface area contributed by atoms with E-state index in [4.69, 9.17) is 23.0 Å². The van der Waals surface area contributed by atoms with Gasteiger partial charge in [0, 0.05) is 142 Å². The van der Waals surface area contributed by atoms with Gasteiger partial charge in [0.1, 0.15) is 40.0 Å². The molecule has 16 rings (SSSR count). The normalized spacial score (nSPS) is 20.5. The maximum atomic E-state index is 16.2. The smallest absolute Gasteiger partial charge is 0.333 e. The second kappa shape index (κ2) is 27.2. The fourth-order valence-corrected chi connectivity index (χ4v) is 14.8. The fourth-order valence-electron chi connectivity index (χ4n) is 14.8. The Hall–Kier alpha value is -9.71. The second-order valence-electron chi connectivity index (χ2n) is 28.1. The molecule has 20 nitrogen and oxygen atoms in total. The van der Waals surface area contributed by atoms with Crippen LogP contribution in [0.5, 0.6) is 0 Å². The van der Waals surface area contributed by atoms with Gasteiger partial charge in [0.2, 0.25) is 0 Å². The lowest BCUT2D eigenvalue weighted by atomic mass is 9.79. The first-order chi connectivity index (χ1) is 49.0. The van der Waals surface area contributed by atoms with Crippen molar-refractivity contribution in [2.75, 3.05) is 13.2 Å². The van der Waals surface area contributed by atoms with Crippen LogP contribution in [-0.4, -0.2) is 115 Å². The van der Waals surface area contributed by atoms with E-state index in [-0.39, 0.29) is 45.3 Å². The summed E-state index contributed by atoms with van der Waals surface area (Å²) < 4.78 is 175. The highest BCUT2D eigenvalue weighted by Crippen LogP contribution is 2.47. The topological polar surface area (TPSA) is 203 Å². The maximum Gasteiger partial charge on any atom is 0.333 e. The van der Waals surface area contributed by atoms with Crippen molar-refractivity contribution in [1.29, 1.82) is 0 Å². The molecular weight excluding hydrogens is 1360 g/mol. The molecule has 12 aromatic heterocycles. The fraction of sp³-hybridized carbons (Fsp3) is 0.438. The molecule has 13 heterocycles. The Bertz CT molecular complexity index is 5060. The van der Waals surface area contributed by atoms with Crippen molar-refractivity contribution in [3.63, 3.8) is 0 Å². The molecule has 2 saturated carbocycles. The van der Waals surface area contributed by atoms with Crippen molar-refractivity contribution in [2.45, 2.75) is 194 Å². The van der Waals surface area contributed by atoms with Crippen LogP contribution < -0.4 is 0 Å². The molecule has 0 aromatic carbocycles. The molecule has 1 atom stereocenters. The predicted octanol–water partition coefficient (Wildman–Crippen LogP) is 18.6. The molecule has 542 valence electrons. The molecule has 0 N–H and O–H groups in total. The number of hydrogen-bond donors (Lipinski definition) is 0. The third kappa shape index (κ3) is 14.1. The average molecular weight is 1430 g/mol. The number of fused-ring (bicyclic) bond motifs is 3. The number of aromatic nitrogens is 15. The Morgan fingerprint density at radius 1 is 0.417 bits per heavy atom. The molecule has 0 bridgehead atoms. The number of hydrogen-bond acceptors (Lipinski definition) is 14. The highest BCUT2D eigenvalue weighted by Gasteiger charge is 2.47. The van der Waals surface area contributed by atoms with Crippen LogP contribution in [0.15, 0.2) is 118 Å². The average Bonchev–Trinajstić information content (AvgIpc) is 1.61. The molecule has 0 radical (unpaired) electrons. The van der Waals surface area contributed by atoms with Crippen LogP contribution >= 0.6 is 0 Å². The van der Waals surface area contributed by atoms with Crippen molar-refractivity contribution in [3.05, 3.63) is 139 Å². The summed E-state index contributed by atoms with van der Waals surface area (Å²) in [5, 5.41) is 23.3. The minimum absolute atomic E-state index is 0.00923. The van der Waals surface area contributed by atoms with E-state index in [1.54, 1.807) is 48.7 Å². The van der Waals surface area contributed by atoms with Crippen molar-refractivity contribution in [1.82, 2.24) is 73.5 Å². The molecular formula is C73H75F10N15O5. The first-order valence-corrected chi connectivity index (χ1v) is 34.0. The van der Waals surface area contributed by atoms with E-state index in [9.17, 15) is 30.7 Å². The number of allylic oxidation sites excluding steroid dienone is 2. The monoisotopic (exact) mass is 1430 g/mol. The van der Waals surface area contributed by atoms with Crippen LogP contribution in [0.4, 0.5) is 43.9 Å². The standard InChI is InChI=1S/C25H26F3N5O3.C24H25F4N5O.C24H24F3N5O/c1-15-21(16(2)36-31-15)17-9-20-22(29-10-17)19(18-11-30-33(12-18)23(26)27)13-32(20)14-24(28)3-5-25(6-4-24)34-7-8-35-25;1-14-20(15(2)34-31-14)16-8-19-21(29-9-16)18(17-10-30-33(11-17)22(25)26)12-32(19)13-24(28)6-4-23(3,27)5-7-24;1-14-4-6-24(27,7-5-14)13-31-12-19(18-10-29-32(11-18)23(25)26)22-20(31)8-17(9-28-22)21-15(2)30-33-16(21)3/h9-13,23H,3-8,14H2,1-2H3;8-12,22H,4-7,13H2,1-3H3;4,8-12,23H,5-7,13H2,1-3H3. The van der Waals surface area contributed by atoms with Crippen molar-refractivity contribution in [3.8, 4) is 66.8 Å². The minimum Gasteiger partial charge on any atom is -0.361 e. The third-order valence-corrected chi connectivity index (χ3v) is 20.5. The lowest BCUT2D eigenvalue weighted by molar-refractivity contribution is -0.194. The molecule has 1 saturated heterocycles. The van der Waals surface area contributed by atoms with Crippen LogP contribution in [0.3, 0.4) is 0 Å². The molecule has 1 spiro atoms. The highest BCUT2D eigenvalue weighted by atomic mass is 19.3. The van der Waals surface area contributed by atoms with E-state index in [2.05, 4.69) is 45.7 Å². The summed E-state index contributed by atoms with van der Waals surface area (Å²) in [6.45, 7) is 7.56. The van der Waals surface area contributed by atoms with Crippen LogP contribution in [-0.2, 0) is 29.1 Å². The molecule has 30 heteroatoms. The zero-order valence-corrected chi connectivity index (χ0v) is 57.8. The summed E-state index contributed by atoms with van der Waals surface area (Å²) in [5.41, 5.74) is 9.40. The van der Waals surface area contributed by atoms with Gasteiger partial charge in [-0.1, -0.05) is 27.1 Å². The SMILES string of the molecule is CC1=CCC(F)(Cn2cc(-c3cnn(C(F)F)c3)c3ncc(-c4c(C)noc4C)cc32)CC1.Cc1noc(C)c1-c1cnc2c(-c3cnn(C(F)F)c3)cn(CC3(F)CCC(C)(F)CC3)c2c1.Cc1noc(C)c1-c1cnc2c(-c3cnn(C(F)F)c3)cn(CC3(F)CCC4(CC3)OCCO4)c2c1. The zero-order valence-electron chi connectivity index (χ0n) is 57.8. The zero-order chi connectivity index (χ0) is 72.7. The van der Waals surface area contributed by atoms with Gasteiger partial charge < -0.3 is 36.7 Å². The quantitative estimate of drug-likeness (QED) is 0.0692. The summed E-state index contributed by atoms with van der Waals surface area (Å²) in [7, 11) is 0. The first-order valence-electron chi connectivity index (χ1n) is 34.0. The second-order valence-corrected chi connectivity index (χ2v) is 28.1. The molecule has 12 aromatic rings. The predicted molar refractivity (Wildman–Crippen MR) is 362 cm³/mol. The van der Waals surface area contributed by atoms with Crippen molar-refractivity contribution in [2.24, 2.45) is 0 Å². The Balaban J connectivity index is 0.000000131. The molecule has 4 aliphatic rings. The van der Waals surface area contributed by atoms with Gasteiger partial charge in [0.15, 0.2) is 5.79 Å². The van der Waals surface area contributed by atoms with Crippen LogP contribution in [0.2, 0.25) is 0 Å². The summed E-state index contributed by atoms with van der Waals surface area (Å²) >= 11 is 0. The Morgan fingerprint density at radius 3 is 1.06 bits per heavy atom. The van der Waals surface area contributed by atoms with E-state index in [0.29, 0.717) is 156 Å². The molecule has 103 heavy (non-hydrogen) atoms. The molecule has 1 aliphatic heterocycles. The van der Waals surface area contributed by atoms with Crippen LogP contribution in [0, 0.1) is 41.5 Å². The Kier molecular flexibility index (Phi) is 18.5. The highest BCUT2D eigenvalue weighted by molar-refractivity contribution is 5.97. The van der Waals surface area contributed by atoms with Gasteiger partial charge >= 0.3 is 19.6 Å². The van der Waals surface area contributed by atoms with E-state index < -0.39 is 48.1 Å². The van der Waals surface area contributed by atoms with Gasteiger partial charge in [-0.2, -0.15) is 41.6 Å². The van der Waals surface area contributed by atoms with Gasteiger partial charge in [-0.25, -0.2) is 31.6 Å². The Morgan fingerprint density at radius 2 is 0.757 bits per heavy atom.